The van der Waals surface area contributed by atoms with Crippen LogP contribution < -0.4 is 15.5 Å². The molecule has 0 saturated carbocycles. The Hall–Kier alpha value is -3.59. The van der Waals surface area contributed by atoms with Gasteiger partial charge in [-0.15, -0.1) is 0 Å². The van der Waals surface area contributed by atoms with Gasteiger partial charge < -0.3 is 24.8 Å². The number of carbonyl (C=O) groups excluding carboxylic acids is 2. The lowest BCUT2D eigenvalue weighted by Crippen LogP contribution is -2.38. The predicted molar refractivity (Wildman–Crippen MR) is 176 cm³/mol. The summed E-state index contributed by atoms with van der Waals surface area (Å²) in [5, 5.41) is 7.07. The molecule has 2 N–H and O–H groups in total. The second-order valence-electron chi connectivity index (χ2n) is 12.9. The highest BCUT2D eigenvalue weighted by atomic mass is 35.5. The number of rotatable bonds is 7. The van der Waals surface area contributed by atoms with E-state index in [4.69, 9.17) is 32.9 Å². The number of imidazole rings is 1. The maximum absolute atomic E-state index is 13.7. The molecule has 0 radical (unpaired) electrons. The van der Waals surface area contributed by atoms with Gasteiger partial charge in [0, 0.05) is 42.7 Å². The van der Waals surface area contributed by atoms with Gasteiger partial charge in [-0.25, -0.2) is 4.98 Å². The Labute approximate surface area is 267 Å². The van der Waals surface area contributed by atoms with Crippen LogP contribution in [0.1, 0.15) is 60.1 Å². The Morgan fingerprint density at radius 1 is 1.09 bits per heavy atom. The lowest BCUT2D eigenvalue weighted by molar-refractivity contribution is -0.128. The van der Waals surface area contributed by atoms with Crippen LogP contribution in [-0.2, 0) is 29.5 Å². The van der Waals surface area contributed by atoms with Crippen LogP contribution in [0.4, 0.5) is 11.4 Å². The van der Waals surface area contributed by atoms with Crippen LogP contribution in [0, 0.1) is 12.3 Å². The van der Waals surface area contributed by atoms with Crippen molar-refractivity contribution in [3.8, 4) is 0 Å². The summed E-state index contributed by atoms with van der Waals surface area (Å²) in [4.78, 5) is 33.5. The largest absolute Gasteiger partial charge is 0.374 e. The number of ether oxygens (including phenoxy) is 1. The third-order valence-electron chi connectivity index (χ3n) is 8.58. The van der Waals surface area contributed by atoms with Crippen molar-refractivity contribution in [3.05, 3.63) is 86.7 Å². The number of nitrogens with one attached hydrogen (secondary N) is 2. The van der Waals surface area contributed by atoms with Crippen LogP contribution in [0.2, 0.25) is 10.0 Å². The van der Waals surface area contributed by atoms with E-state index in [2.05, 4.69) is 21.6 Å². The number of halogens is 2. The van der Waals surface area contributed by atoms with Gasteiger partial charge in [-0.1, -0.05) is 67.7 Å². The zero-order chi connectivity index (χ0) is 31.3. The van der Waals surface area contributed by atoms with E-state index in [1.54, 1.807) is 6.07 Å². The van der Waals surface area contributed by atoms with Crippen molar-refractivity contribution in [2.75, 3.05) is 23.4 Å². The molecule has 0 spiro atoms. The number of nitrogens with zero attached hydrogens (tertiary/aromatic N) is 3. The zero-order valence-electron chi connectivity index (χ0n) is 25.6. The summed E-state index contributed by atoms with van der Waals surface area (Å²) < 4.78 is 7.90. The molecule has 3 heterocycles. The van der Waals surface area contributed by atoms with Crippen molar-refractivity contribution in [1.82, 2.24) is 14.9 Å². The number of amides is 2. The number of hydrogen-bond acceptors (Lipinski definition) is 5. The summed E-state index contributed by atoms with van der Waals surface area (Å²) in [6.45, 7) is 9.32. The van der Waals surface area contributed by atoms with Gasteiger partial charge in [0.1, 0.15) is 5.82 Å². The Morgan fingerprint density at radius 3 is 2.50 bits per heavy atom. The first kappa shape index (κ1) is 30.4. The SMILES string of the molecule is Cc1ccc(NC(=O)c2cc3nc(Cc4c(Cl)ccc(CNC(=O)C(C)(C)C)c4Cl)n(C)c3cc2N2C[C@@H]3C[C@H]2CO3)cc1. The monoisotopic (exact) mass is 633 g/mol. The molecular weight excluding hydrogens is 597 g/mol. The Bertz CT molecular complexity index is 1760. The molecule has 3 aromatic carbocycles. The number of aryl methyl sites for hydroxylation is 2. The van der Waals surface area contributed by atoms with Gasteiger partial charge in [-0.2, -0.15) is 0 Å². The zero-order valence-corrected chi connectivity index (χ0v) is 27.1. The van der Waals surface area contributed by atoms with E-state index < -0.39 is 5.41 Å². The Kier molecular flexibility index (Phi) is 8.11. The highest BCUT2D eigenvalue weighted by Gasteiger charge is 2.40. The van der Waals surface area contributed by atoms with Crippen LogP contribution in [0.15, 0.2) is 48.5 Å². The molecule has 10 heteroatoms. The second kappa shape index (κ2) is 11.7. The van der Waals surface area contributed by atoms with Crippen LogP contribution in [0.5, 0.6) is 0 Å². The van der Waals surface area contributed by atoms with Crippen LogP contribution in [0.3, 0.4) is 0 Å². The minimum atomic E-state index is -0.509. The fourth-order valence-corrected chi connectivity index (χ4v) is 6.50. The molecule has 2 amide bonds. The molecule has 230 valence electrons. The third-order valence-corrected chi connectivity index (χ3v) is 9.40. The molecule has 0 aliphatic carbocycles. The van der Waals surface area contributed by atoms with Gasteiger partial charge in [-0.05, 0) is 54.8 Å². The van der Waals surface area contributed by atoms with E-state index in [0.29, 0.717) is 40.7 Å². The molecule has 2 bridgehead atoms. The standard InChI is InChI=1S/C34H37Cl2N5O3/c1-19-6-9-21(10-7-19)38-32(42)25-13-27-29(15-28(25)41-17-23-12-22(41)18-44-23)40(5)30(39-27)14-24-26(35)11-8-20(31(24)36)16-37-33(43)34(2,3)4/h6-11,13,15,22-23H,12,14,16-18H2,1-5H3,(H,37,43)(H,38,42)/t22-,23-/m0/s1. The maximum Gasteiger partial charge on any atom is 0.257 e. The number of aromatic nitrogens is 2. The second-order valence-corrected chi connectivity index (χ2v) is 13.7. The molecule has 0 unspecified atom stereocenters. The van der Waals surface area contributed by atoms with E-state index in [-0.39, 0.29) is 24.0 Å². The van der Waals surface area contributed by atoms with Gasteiger partial charge in [0.15, 0.2) is 0 Å². The topological polar surface area (TPSA) is 88.5 Å². The first-order valence-electron chi connectivity index (χ1n) is 14.9. The van der Waals surface area contributed by atoms with Crippen LogP contribution in [0.25, 0.3) is 11.0 Å². The normalized spacial score (nSPS) is 17.8. The van der Waals surface area contributed by atoms with Gasteiger partial charge in [0.2, 0.25) is 5.91 Å². The van der Waals surface area contributed by atoms with Crippen molar-refractivity contribution >= 4 is 57.4 Å². The van der Waals surface area contributed by atoms with Crippen molar-refractivity contribution in [2.45, 2.75) is 59.2 Å². The number of benzene rings is 3. The van der Waals surface area contributed by atoms with Crippen molar-refractivity contribution < 1.29 is 14.3 Å². The predicted octanol–water partition coefficient (Wildman–Crippen LogP) is 6.67. The minimum Gasteiger partial charge on any atom is -0.374 e. The van der Waals surface area contributed by atoms with Crippen LogP contribution >= 0.6 is 23.2 Å². The number of carbonyl (C=O) groups is 2. The molecule has 8 nitrogen and oxygen atoms in total. The number of anilines is 2. The van der Waals surface area contributed by atoms with Gasteiger partial charge >= 0.3 is 0 Å². The van der Waals surface area contributed by atoms with Gasteiger partial charge in [0.25, 0.3) is 5.91 Å². The number of hydrogen-bond donors (Lipinski definition) is 2. The average molecular weight is 635 g/mol. The lowest BCUT2D eigenvalue weighted by atomic mass is 9.95. The van der Waals surface area contributed by atoms with E-state index in [9.17, 15) is 9.59 Å². The maximum atomic E-state index is 13.7. The Balaban J connectivity index is 1.35. The van der Waals surface area contributed by atoms with Gasteiger partial charge in [0.05, 0.1) is 46.1 Å². The molecule has 2 saturated heterocycles. The molecule has 2 atom stereocenters. The van der Waals surface area contributed by atoms with E-state index >= 15 is 0 Å². The molecule has 1 aromatic heterocycles. The van der Waals surface area contributed by atoms with Gasteiger partial charge in [-0.3, -0.25) is 9.59 Å². The first-order chi connectivity index (χ1) is 20.9. The minimum absolute atomic E-state index is 0.0590. The Morgan fingerprint density at radius 2 is 1.84 bits per heavy atom. The van der Waals surface area contributed by atoms with Crippen molar-refractivity contribution in [2.24, 2.45) is 12.5 Å². The molecular formula is C34H37Cl2N5O3. The molecule has 2 fully saturated rings. The highest BCUT2D eigenvalue weighted by molar-refractivity contribution is 6.36. The number of fused-ring (bicyclic) bond motifs is 3. The smallest absolute Gasteiger partial charge is 0.257 e. The third kappa shape index (κ3) is 5.91. The van der Waals surface area contributed by atoms with Crippen LogP contribution in [-0.4, -0.2) is 46.7 Å². The molecule has 4 aromatic rings. The van der Waals surface area contributed by atoms with E-state index in [0.717, 1.165) is 52.4 Å². The molecule has 2 aliphatic rings. The lowest BCUT2D eigenvalue weighted by Gasteiger charge is -2.30. The summed E-state index contributed by atoms with van der Waals surface area (Å²) in [7, 11) is 1.97. The molecule has 2 aliphatic heterocycles. The molecule has 44 heavy (non-hydrogen) atoms. The number of morpholine rings is 1. The highest BCUT2D eigenvalue weighted by Crippen LogP contribution is 2.38. The van der Waals surface area contributed by atoms with E-state index in [1.165, 1.54) is 0 Å². The van der Waals surface area contributed by atoms with Crippen molar-refractivity contribution in [3.63, 3.8) is 0 Å². The van der Waals surface area contributed by atoms with Crippen molar-refractivity contribution in [1.29, 1.82) is 0 Å². The summed E-state index contributed by atoms with van der Waals surface area (Å²) in [6.07, 6.45) is 1.51. The first-order valence-corrected chi connectivity index (χ1v) is 15.6. The summed E-state index contributed by atoms with van der Waals surface area (Å²) in [5.74, 6) is 0.516. The quantitative estimate of drug-likeness (QED) is 0.237. The summed E-state index contributed by atoms with van der Waals surface area (Å²) in [5.41, 5.74) is 5.94. The average Bonchev–Trinajstić information content (AvgIpc) is 3.70. The fourth-order valence-electron chi connectivity index (χ4n) is 5.93. The van der Waals surface area contributed by atoms with E-state index in [1.807, 2.05) is 75.7 Å². The fraction of sp³-hybridized carbons (Fsp3) is 0.382. The summed E-state index contributed by atoms with van der Waals surface area (Å²) in [6, 6.07) is 15.6. The summed E-state index contributed by atoms with van der Waals surface area (Å²) >= 11 is 13.5. The molecule has 6 rings (SSSR count).